The fourth-order valence-corrected chi connectivity index (χ4v) is 2.64. The number of ether oxygens (including phenoxy) is 1. The average molecular weight is 342 g/mol. The number of aliphatic hydroxyl groups is 1. The minimum atomic E-state index is -0.495. The predicted molar refractivity (Wildman–Crippen MR) is 103 cm³/mol. The third kappa shape index (κ3) is 8.68. The first-order chi connectivity index (χ1) is 12.2. The van der Waals surface area contributed by atoms with Crippen LogP contribution in [-0.4, -0.2) is 43.5 Å². The molecule has 0 aliphatic rings. The summed E-state index contributed by atoms with van der Waals surface area (Å²) in [5, 5.41) is 16.7. The lowest BCUT2D eigenvalue weighted by molar-refractivity contribution is 0.106. The molecular formula is C21H30N2O2. The second-order valence-electron chi connectivity index (χ2n) is 6.38. The van der Waals surface area contributed by atoms with Crippen molar-refractivity contribution in [2.75, 3.05) is 26.2 Å². The van der Waals surface area contributed by atoms with Gasteiger partial charge in [0, 0.05) is 12.6 Å². The summed E-state index contributed by atoms with van der Waals surface area (Å²) in [6, 6.07) is 20.6. The van der Waals surface area contributed by atoms with E-state index >= 15 is 0 Å². The topological polar surface area (TPSA) is 53.5 Å². The zero-order chi connectivity index (χ0) is 17.7. The van der Waals surface area contributed by atoms with Crippen molar-refractivity contribution < 1.29 is 9.84 Å². The molecule has 0 fully saturated rings. The van der Waals surface area contributed by atoms with Gasteiger partial charge in [0.25, 0.3) is 0 Å². The van der Waals surface area contributed by atoms with Gasteiger partial charge in [-0.05, 0) is 50.6 Å². The molecule has 0 bridgehead atoms. The van der Waals surface area contributed by atoms with Crippen molar-refractivity contribution in [2.45, 2.75) is 31.9 Å². The van der Waals surface area contributed by atoms with Crippen molar-refractivity contribution in [1.29, 1.82) is 0 Å². The van der Waals surface area contributed by atoms with E-state index < -0.39 is 6.10 Å². The van der Waals surface area contributed by atoms with Gasteiger partial charge in [-0.2, -0.15) is 0 Å². The van der Waals surface area contributed by atoms with E-state index in [9.17, 15) is 5.11 Å². The molecule has 4 nitrogen and oxygen atoms in total. The van der Waals surface area contributed by atoms with Crippen molar-refractivity contribution in [1.82, 2.24) is 10.6 Å². The Kier molecular flexibility index (Phi) is 9.05. The SMILES string of the molecule is CC(Cc1ccccc1)NCCCNCC(O)COc1ccccc1. The lowest BCUT2D eigenvalue weighted by Crippen LogP contribution is -2.34. The summed E-state index contributed by atoms with van der Waals surface area (Å²) in [6.07, 6.45) is 1.58. The van der Waals surface area contributed by atoms with Crippen LogP contribution < -0.4 is 15.4 Å². The zero-order valence-corrected chi connectivity index (χ0v) is 15.0. The standard InChI is InChI=1S/C21H30N2O2/c1-18(15-19-9-4-2-5-10-19)23-14-8-13-22-16-20(24)17-25-21-11-6-3-7-12-21/h2-7,9-12,18,20,22-24H,8,13-17H2,1H3. The normalized spacial score (nSPS) is 13.4. The van der Waals surface area contributed by atoms with Gasteiger partial charge in [0.15, 0.2) is 0 Å². The molecular weight excluding hydrogens is 312 g/mol. The fraction of sp³-hybridized carbons (Fsp3) is 0.429. The second-order valence-corrected chi connectivity index (χ2v) is 6.38. The van der Waals surface area contributed by atoms with Gasteiger partial charge < -0.3 is 20.5 Å². The summed E-state index contributed by atoms with van der Waals surface area (Å²) >= 11 is 0. The molecule has 2 unspecified atom stereocenters. The van der Waals surface area contributed by atoms with Crippen molar-refractivity contribution in [3.8, 4) is 5.75 Å². The number of para-hydroxylation sites is 1. The van der Waals surface area contributed by atoms with E-state index in [1.165, 1.54) is 5.56 Å². The highest BCUT2D eigenvalue weighted by atomic mass is 16.5. The summed E-state index contributed by atoms with van der Waals surface area (Å²) in [5.41, 5.74) is 1.36. The molecule has 0 spiro atoms. The molecule has 2 aromatic carbocycles. The van der Waals surface area contributed by atoms with Crippen LogP contribution in [0.25, 0.3) is 0 Å². The minimum Gasteiger partial charge on any atom is -0.491 e. The predicted octanol–water partition coefficient (Wildman–Crippen LogP) is 2.63. The molecule has 4 heteroatoms. The number of benzene rings is 2. The first-order valence-electron chi connectivity index (χ1n) is 9.08. The molecule has 0 heterocycles. The van der Waals surface area contributed by atoms with Gasteiger partial charge >= 0.3 is 0 Å². The molecule has 2 rings (SSSR count). The van der Waals surface area contributed by atoms with Gasteiger partial charge in [0.05, 0.1) is 0 Å². The lowest BCUT2D eigenvalue weighted by Gasteiger charge is -2.15. The van der Waals surface area contributed by atoms with Crippen molar-refractivity contribution >= 4 is 0 Å². The number of hydrogen-bond donors (Lipinski definition) is 3. The van der Waals surface area contributed by atoms with E-state index in [1.54, 1.807) is 0 Å². The van der Waals surface area contributed by atoms with Crippen LogP contribution in [0.15, 0.2) is 60.7 Å². The maximum Gasteiger partial charge on any atom is 0.119 e. The number of rotatable bonds is 12. The first kappa shape index (κ1) is 19.4. The van der Waals surface area contributed by atoms with E-state index in [0.717, 1.165) is 31.7 Å². The monoisotopic (exact) mass is 342 g/mol. The highest BCUT2D eigenvalue weighted by Gasteiger charge is 2.05. The molecule has 0 radical (unpaired) electrons. The molecule has 25 heavy (non-hydrogen) atoms. The van der Waals surface area contributed by atoms with Crippen LogP contribution in [0.3, 0.4) is 0 Å². The second kappa shape index (κ2) is 11.6. The highest BCUT2D eigenvalue weighted by Crippen LogP contribution is 2.08. The zero-order valence-electron chi connectivity index (χ0n) is 15.0. The number of nitrogens with one attached hydrogen (secondary N) is 2. The molecule has 2 aromatic rings. The van der Waals surface area contributed by atoms with E-state index in [1.807, 2.05) is 36.4 Å². The van der Waals surface area contributed by atoms with Crippen molar-refractivity contribution in [3.63, 3.8) is 0 Å². The summed E-state index contributed by atoms with van der Waals surface area (Å²) < 4.78 is 5.53. The van der Waals surface area contributed by atoms with E-state index in [0.29, 0.717) is 19.2 Å². The summed E-state index contributed by atoms with van der Waals surface area (Å²) in [7, 11) is 0. The third-order valence-corrected chi connectivity index (χ3v) is 3.97. The van der Waals surface area contributed by atoms with Gasteiger partial charge in [-0.3, -0.25) is 0 Å². The van der Waals surface area contributed by atoms with Gasteiger partial charge in [0.2, 0.25) is 0 Å². The molecule has 0 saturated carbocycles. The van der Waals surface area contributed by atoms with Crippen LogP contribution in [-0.2, 0) is 6.42 Å². The molecule has 0 saturated heterocycles. The van der Waals surface area contributed by atoms with Gasteiger partial charge in [-0.25, -0.2) is 0 Å². The largest absolute Gasteiger partial charge is 0.491 e. The van der Waals surface area contributed by atoms with Gasteiger partial charge in [-0.15, -0.1) is 0 Å². The summed E-state index contributed by atoms with van der Waals surface area (Å²) in [4.78, 5) is 0. The molecule has 0 aliphatic heterocycles. The minimum absolute atomic E-state index is 0.309. The highest BCUT2D eigenvalue weighted by molar-refractivity contribution is 5.20. The molecule has 0 aliphatic carbocycles. The Balaban J connectivity index is 1.46. The van der Waals surface area contributed by atoms with Crippen LogP contribution >= 0.6 is 0 Å². The Hall–Kier alpha value is -1.88. The molecule has 136 valence electrons. The Morgan fingerprint density at radius 1 is 0.960 bits per heavy atom. The molecule has 0 amide bonds. The quantitative estimate of drug-likeness (QED) is 0.519. The third-order valence-electron chi connectivity index (χ3n) is 3.97. The number of aliphatic hydroxyl groups excluding tert-OH is 1. The fourth-order valence-electron chi connectivity index (χ4n) is 2.64. The Morgan fingerprint density at radius 3 is 2.36 bits per heavy atom. The lowest BCUT2D eigenvalue weighted by atomic mass is 10.1. The first-order valence-corrected chi connectivity index (χ1v) is 9.08. The summed E-state index contributed by atoms with van der Waals surface area (Å²) in [6.45, 7) is 4.92. The van der Waals surface area contributed by atoms with Crippen LogP contribution in [0.5, 0.6) is 5.75 Å². The summed E-state index contributed by atoms with van der Waals surface area (Å²) in [5.74, 6) is 0.790. The van der Waals surface area contributed by atoms with E-state index in [2.05, 4.69) is 41.8 Å². The molecule has 2 atom stereocenters. The molecule has 3 N–H and O–H groups in total. The Bertz CT molecular complexity index is 563. The van der Waals surface area contributed by atoms with E-state index in [4.69, 9.17) is 4.74 Å². The van der Waals surface area contributed by atoms with Gasteiger partial charge in [-0.1, -0.05) is 48.5 Å². The maximum atomic E-state index is 9.92. The Labute approximate surface area is 151 Å². The molecule has 0 aromatic heterocycles. The maximum absolute atomic E-state index is 9.92. The average Bonchev–Trinajstić information content (AvgIpc) is 2.64. The van der Waals surface area contributed by atoms with E-state index in [-0.39, 0.29) is 0 Å². The van der Waals surface area contributed by atoms with Crippen molar-refractivity contribution in [2.24, 2.45) is 0 Å². The van der Waals surface area contributed by atoms with Crippen LogP contribution in [0, 0.1) is 0 Å². The Morgan fingerprint density at radius 2 is 1.64 bits per heavy atom. The smallest absolute Gasteiger partial charge is 0.119 e. The van der Waals surface area contributed by atoms with Gasteiger partial charge in [0.1, 0.15) is 18.5 Å². The number of hydrogen-bond acceptors (Lipinski definition) is 4. The van der Waals surface area contributed by atoms with Crippen LogP contribution in [0.4, 0.5) is 0 Å². The van der Waals surface area contributed by atoms with Crippen molar-refractivity contribution in [3.05, 3.63) is 66.2 Å². The van der Waals surface area contributed by atoms with Crippen LogP contribution in [0.2, 0.25) is 0 Å². The van der Waals surface area contributed by atoms with Crippen LogP contribution in [0.1, 0.15) is 18.9 Å².